The molecule has 3 nitrogen and oxygen atoms in total. The minimum Gasteiger partial charge on any atom is -0.500 e. The van der Waals surface area contributed by atoms with Gasteiger partial charge in [-0.25, -0.2) is 4.79 Å². The third-order valence-electron chi connectivity index (χ3n) is 2.33. The van der Waals surface area contributed by atoms with E-state index in [1.54, 1.807) is 25.1 Å². The van der Waals surface area contributed by atoms with Crippen LogP contribution in [0.1, 0.15) is 18.1 Å². The smallest absolute Gasteiger partial charge is 0.339 e. The van der Waals surface area contributed by atoms with Crippen molar-refractivity contribution < 1.29 is 14.6 Å². The Hall–Kier alpha value is -1.48. The van der Waals surface area contributed by atoms with Crippen LogP contribution in [0.5, 0.6) is 0 Å². The maximum absolute atomic E-state index is 11.2. The molecule has 0 aromatic heterocycles. The van der Waals surface area contributed by atoms with E-state index < -0.39 is 5.97 Å². The quantitative estimate of drug-likeness (QED) is 0.652. The normalized spacial score (nSPS) is 12.0. The number of methoxy groups -OCH3 is 1. The van der Waals surface area contributed by atoms with E-state index in [0.29, 0.717) is 16.3 Å². The van der Waals surface area contributed by atoms with Gasteiger partial charge in [-0.2, -0.15) is 0 Å². The predicted molar refractivity (Wildman–Crippen MR) is 63.4 cm³/mol. The maximum atomic E-state index is 11.2. The van der Waals surface area contributed by atoms with Crippen LogP contribution in [0.3, 0.4) is 0 Å². The van der Waals surface area contributed by atoms with Gasteiger partial charge >= 0.3 is 5.97 Å². The summed E-state index contributed by atoms with van der Waals surface area (Å²) in [6.07, 6.45) is 0. The molecule has 4 heteroatoms. The maximum Gasteiger partial charge on any atom is 0.339 e. The fourth-order valence-electron chi connectivity index (χ4n) is 1.47. The lowest BCUT2D eigenvalue weighted by atomic mass is 10.00. The molecule has 0 bridgehead atoms. The average molecular weight is 241 g/mol. The van der Waals surface area contributed by atoms with Gasteiger partial charge in [-0.3, -0.25) is 0 Å². The number of aryl methyl sites for hydroxylation is 1. The fourth-order valence-corrected chi connectivity index (χ4v) is 1.69. The van der Waals surface area contributed by atoms with Crippen molar-refractivity contribution in [2.45, 2.75) is 13.8 Å². The van der Waals surface area contributed by atoms with Crippen molar-refractivity contribution >= 4 is 23.1 Å². The van der Waals surface area contributed by atoms with Crippen molar-refractivity contribution in [3.05, 3.63) is 40.1 Å². The largest absolute Gasteiger partial charge is 0.500 e. The van der Waals surface area contributed by atoms with Crippen LogP contribution in [0.4, 0.5) is 0 Å². The van der Waals surface area contributed by atoms with Gasteiger partial charge in [0.1, 0.15) is 11.3 Å². The minimum atomic E-state index is -1.01. The van der Waals surface area contributed by atoms with Crippen molar-refractivity contribution in [1.29, 1.82) is 0 Å². The van der Waals surface area contributed by atoms with Gasteiger partial charge in [0.05, 0.1) is 7.11 Å². The Kier molecular flexibility index (Phi) is 3.96. The van der Waals surface area contributed by atoms with Crippen LogP contribution in [0, 0.1) is 6.92 Å². The van der Waals surface area contributed by atoms with E-state index >= 15 is 0 Å². The number of hydrogen-bond acceptors (Lipinski definition) is 2. The molecule has 1 N–H and O–H groups in total. The Morgan fingerprint density at radius 1 is 1.44 bits per heavy atom. The lowest BCUT2D eigenvalue weighted by Gasteiger charge is -2.10. The van der Waals surface area contributed by atoms with Crippen LogP contribution in [0.2, 0.25) is 5.02 Å². The summed E-state index contributed by atoms with van der Waals surface area (Å²) in [7, 11) is 1.45. The summed E-state index contributed by atoms with van der Waals surface area (Å²) < 4.78 is 4.98. The van der Waals surface area contributed by atoms with Crippen molar-refractivity contribution in [3.8, 4) is 0 Å². The standard InChI is InChI=1S/C12H13ClO3/c1-7-6-9(13)4-5-10(7)11(12(14)15)8(2)16-3/h4-6H,1-3H3,(H,14,15). The highest BCUT2D eigenvalue weighted by molar-refractivity contribution is 6.30. The molecule has 0 unspecified atom stereocenters. The second-order valence-corrected chi connectivity index (χ2v) is 3.84. The van der Waals surface area contributed by atoms with Crippen LogP contribution in [0.25, 0.3) is 5.57 Å². The fraction of sp³-hybridized carbons (Fsp3) is 0.250. The first-order valence-corrected chi connectivity index (χ1v) is 5.10. The minimum absolute atomic E-state index is 0.164. The number of carbonyl (C=O) groups is 1. The predicted octanol–water partition coefficient (Wildman–Crippen LogP) is 3.11. The number of allylic oxidation sites excluding steroid dienone is 1. The van der Waals surface area contributed by atoms with Crippen LogP contribution in [-0.4, -0.2) is 18.2 Å². The highest BCUT2D eigenvalue weighted by Crippen LogP contribution is 2.25. The summed E-state index contributed by atoms with van der Waals surface area (Å²) in [5.74, 6) is -0.636. The van der Waals surface area contributed by atoms with Gasteiger partial charge < -0.3 is 9.84 Å². The molecule has 0 spiro atoms. The molecule has 0 aliphatic rings. The van der Waals surface area contributed by atoms with Gasteiger partial charge in [-0.05, 0) is 37.1 Å². The van der Waals surface area contributed by atoms with E-state index in [9.17, 15) is 4.79 Å². The van der Waals surface area contributed by atoms with Gasteiger partial charge in [0.25, 0.3) is 0 Å². The zero-order valence-electron chi connectivity index (χ0n) is 9.37. The van der Waals surface area contributed by atoms with Crippen LogP contribution in [0.15, 0.2) is 24.0 Å². The molecule has 1 aromatic rings. The molecular formula is C12H13ClO3. The molecule has 0 saturated heterocycles. The number of rotatable bonds is 3. The number of carboxylic acid groups (broad SMARTS) is 1. The van der Waals surface area contributed by atoms with E-state index in [4.69, 9.17) is 21.4 Å². The second-order valence-electron chi connectivity index (χ2n) is 3.40. The lowest BCUT2D eigenvalue weighted by Crippen LogP contribution is -2.05. The van der Waals surface area contributed by atoms with Crippen LogP contribution < -0.4 is 0 Å². The number of hydrogen-bond donors (Lipinski definition) is 1. The van der Waals surface area contributed by atoms with Crippen molar-refractivity contribution in [3.63, 3.8) is 0 Å². The molecule has 0 radical (unpaired) electrons. The van der Waals surface area contributed by atoms with Crippen LogP contribution in [-0.2, 0) is 9.53 Å². The van der Waals surface area contributed by atoms with E-state index in [-0.39, 0.29) is 5.57 Å². The Morgan fingerprint density at radius 2 is 2.06 bits per heavy atom. The van der Waals surface area contributed by atoms with Gasteiger partial charge in [0.2, 0.25) is 0 Å². The highest BCUT2D eigenvalue weighted by atomic mass is 35.5. The molecule has 0 atom stereocenters. The third-order valence-corrected chi connectivity index (χ3v) is 2.57. The number of aliphatic carboxylic acids is 1. The van der Waals surface area contributed by atoms with E-state index in [1.807, 2.05) is 6.92 Å². The molecular weight excluding hydrogens is 228 g/mol. The Balaban J connectivity index is 3.39. The van der Waals surface area contributed by atoms with Gasteiger partial charge in [0.15, 0.2) is 0 Å². The van der Waals surface area contributed by atoms with Gasteiger partial charge in [-0.15, -0.1) is 0 Å². The number of ether oxygens (including phenoxy) is 1. The average Bonchev–Trinajstić information content (AvgIpc) is 2.21. The molecule has 0 amide bonds. The summed E-state index contributed by atoms with van der Waals surface area (Å²) in [5.41, 5.74) is 1.59. The zero-order chi connectivity index (χ0) is 12.3. The lowest BCUT2D eigenvalue weighted by molar-refractivity contribution is -0.130. The van der Waals surface area contributed by atoms with Crippen molar-refractivity contribution in [2.24, 2.45) is 0 Å². The van der Waals surface area contributed by atoms with Gasteiger partial charge in [0, 0.05) is 5.02 Å². The number of benzene rings is 1. The van der Waals surface area contributed by atoms with E-state index in [2.05, 4.69) is 0 Å². The van der Waals surface area contributed by atoms with Gasteiger partial charge in [-0.1, -0.05) is 17.7 Å². The Bertz CT molecular complexity index is 450. The van der Waals surface area contributed by atoms with E-state index in [1.165, 1.54) is 7.11 Å². The number of halogens is 1. The summed E-state index contributed by atoms with van der Waals surface area (Å²) in [5, 5.41) is 9.74. The highest BCUT2D eigenvalue weighted by Gasteiger charge is 2.17. The first-order valence-electron chi connectivity index (χ1n) is 4.72. The second kappa shape index (κ2) is 5.03. The summed E-state index contributed by atoms with van der Waals surface area (Å²) in [4.78, 5) is 11.2. The Labute approximate surface area is 99.3 Å². The first-order chi connectivity index (χ1) is 7.47. The first kappa shape index (κ1) is 12.6. The molecule has 0 heterocycles. The third kappa shape index (κ3) is 2.55. The zero-order valence-corrected chi connectivity index (χ0v) is 10.1. The van der Waals surface area contributed by atoms with Crippen molar-refractivity contribution in [1.82, 2.24) is 0 Å². The Morgan fingerprint density at radius 3 is 2.50 bits per heavy atom. The van der Waals surface area contributed by atoms with Crippen LogP contribution >= 0.6 is 11.6 Å². The SMILES string of the molecule is COC(C)=C(C(=O)O)c1ccc(Cl)cc1C. The molecule has 1 rings (SSSR count). The topological polar surface area (TPSA) is 46.5 Å². The summed E-state index contributed by atoms with van der Waals surface area (Å²) in [6, 6.07) is 5.07. The molecule has 0 saturated carbocycles. The molecule has 0 aliphatic heterocycles. The molecule has 1 aromatic carbocycles. The van der Waals surface area contributed by atoms with E-state index in [0.717, 1.165) is 5.56 Å². The number of carboxylic acids is 1. The molecule has 86 valence electrons. The molecule has 0 fully saturated rings. The monoisotopic (exact) mass is 240 g/mol. The molecule has 16 heavy (non-hydrogen) atoms. The molecule has 0 aliphatic carbocycles. The van der Waals surface area contributed by atoms with Crippen molar-refractivity contribution in [2.75, 3.05) is 7.11 Å². The summed E-state index contributed by atoms with van der Waals surface area (Å²) >= 11 is 5.82. The summed E-state index contributed by atoms with van der Waals surface area (Å²) in [6.45, 7) is 3.44.